The summed E-state index contributed by atoms with van der Waals surface area (Å²) in [5.41, 5.74) is 2.59. The second-order valence-electron chi connectivity index (χ2n) is 3.64. The van der Waals surface area contributed by atoms with Crippen LogP contribution in [0.15, 0.2) is 78.9 Å². The van der Waals surface area contributed by atoms with Crippen LogP contribution in [-0.4, -0.2) is 0 Å². The molecule has 3 aromatic carbocycles. The number of benzene rings is 1. The minimum atomic E-state index is 0. The van der Waals surface area contributed by atoms with Crippen LogP contribution < -0.4 is 0 Å². The Morgan fingerprint density at radius 1 is 0.667 bits per heavy atom. The number of hydrogen-bond donors (Lipinski definition) is 0. The van der Waals surface area contributed by atoms with Gasteiger partial charge in [0.15, 0.2) is 0 Å². The monoisotopic (exact) mass is 296 g/mol. The first kappa shape index (κ1) is 14.8. The predicted octanol–water partition coefficient (Wildman–Crippen LogP) is 5.13. The third kappa shape index (κ3) is 4.54. The van der Waals surface area contributed by atoms with Gasteiger partial charge in [-0.25, -0.2) is 12.1 Å². The van der Waals surface area contributed by atoms with Gasteiger partial charge in [0.2, 0.25) is 0 Å². The SMILES string of the molecule is Cl[c-]1cccc1.[Fe+2].c1ccc(-[c-]2cccc2)cc1. The fourth-order valence-corrected chi connectivity index (χ4v) is 1.69. The first-order valence-corrected chi connectivity index (χ1v) is 5.88. The maximum absolute atomic E-state index is 5.46. The summed E-state index contributed by atoms with van der Waals surface area (Å²) in [6.45, 7) is 0. The maximum atomic E-state index is 5.46. The average Bonchev–Trinajstić information content (AvgIpc) is 3.03. The molecule has 3 aromatic rings. The van der Waals surface area contributed by atoms with Gasteiger partial charge in [-0.1, -0.05) is 28.8 Å². The van der Waals surface area contributed by atoms with Crippen molar-refractivity contribution in [1.82, 2.24) is 0 Å². The van der Waals surface area contributed by atoms with E-state index in [2.05, 4.69) is 48.5 Å². The third-order valence-corrected chi connectivity index (χ3v) is 2.64. The molecule has 3 rings (SSSR count). The Bertz CT molecular complexity index is 510. The minimum absolute atomic E-state index is 0. The molecular formula is C16H13ClFe. The van der Waals surface area contributed by atoms with E-state index in [1.54, 1.807) is 0 Å². The minimum Gasteiger partial charge on any atom is -0.212 e. The molecular weight excluding hydrogens is 283 g/mol. The van der Waals surface area contributed by atoms with Gasteiger partial charge in [0.05, 0.1) is 0 Å². The smallest absolute Gasteiger partial charge is 0.212 e. The second-order valence-corrected chi connectivity index (χ2v) is 4.08. The van der Waals surface area contributed by atoms with Gasteiger partial charge in [0, 0.05) is 0 Å². The Hall–Kier alpha value is -1.27. The second kappa shape index (κ2) is 7.94. The molecule has 92 valence electrons. The van der Waals surface area contributed by atoms with E-state index in [-0.39, 0.29) is 17.1 Å². The third-order valence-electron chi connectivity index (χ3n) is 2.39. The van der Waals surface area contributed by atoms with Crippen molar-refractivity contribution in [3.8, 4) is 11.1 Å². The summed E-state index contributed by atoms with van der Waals surface area (Å²) in [7, 11) is 0. The number of hydrogen-bond acceptors (Lipinski definition) is 0. The van der Waals surface area contributed by atoms with Crippen LogP contribution in [0.5, 0.6) is 0 Å². The Balaban J connectivity index is 0.000000199. The van der Waals surface area contributed by atoms with Crippen LogP contribution in [0.4, 0.5) is 0 Å². The Labute approximate surface area is 123 Å². The van der Waals surface area contributed by atoms with Crippen molar-refractivity contribution in [1.29, 1.82) is 0 Å². The first-order valence-electron chi connectivity index (χ1n) is 5.50. The molecule has 0 aliphatic rings. The molecule has 0 saturated heterocycles. The van der Waals surface area contributed by atoms with E-state index in [0.29, 0.717) is 0 Å². The van der Waals surface area contributed by atoms with E-state index >= 15 is 0 Å². The zero-order valence-electron chi connectivity index (χ0n) is 9.74. The summed E-state index contributed by atoms with van der Waals surface area (Å²) in [4.78, 5) is 0. The summed E-state index contributed by atoms with van der Waals surface area (Å²) in [6.07, 6.45) is 0. The van der Waals surface area contributed by atoms with Crippen LogP contribution in [0.1, 0.15) is 0 Å². The molecule has 0 aromatic heterocycles. The summed E-state index contributed by atoms with van der Waals surface area (Å²) in [6, 6.07) is 26.3. The molecule has 0 radical (unpaired) electrons. The summed E-state index contributed by atoms with van der Waals surface area (Å²) < 4.78 is 0. The van der Waals surface area contributed by atoms with E-state index in [0.717, 1.165) is 5.02 Å². The van der Waals surface area contributed by atoms with Gasteiger partial charge in [-0.15, -0.1) is 29.8 Å². The number of rotatable bonds is 1. The Morgan fingerprint density at radius 2 is 1.17 bits per heavy atom. The largest absolute Gasteiger partial charge is 2.00 e. The van der Waals surface area contributed by atoms with Crippen LogP contribution in [0.25, 0.3) is 11.1 Å². The van der Waals surface area contributed by atoms with Crippen molar-refractivity contribution >= 4 is 11.6 Å². The molecule has 0 unspecified atom stereocenters. The molecule has 0 fully saturated rings. The van der Waals surface area contributed by atoms with Crippen molar-refractivity contribution in [2.24, 2.45) is 0 Å². The predicted molar refractivity (Wildman–Crippen MR) is 74.5 cm³/mol. The normalized spacial score (nSPS) is 8.94. The van der Waals surface area contributed by atoms with Crippen LogP contribution in [0.2, 0.25) is 5.02 Å². The van der Waals surface area contributed by atoms with Gasteiger partial charge in [-0.05, 0) is 0 Å². The van der Waals surface area contributed by atoms with E-state index in [1.807, 2.05) is 30.3 Å². The first-order chi connectivity index (χ1) is 8.36. The fraction of sp³-hybridized carbons (Fsp3) is 0. The molecule has 0 atom stereocenters. The van der Waals surface area contributed by atoms with Gasteiger partial charge in [-0.3, -0.25) is 0 Å². The van der Waals surface area contributed by atoms with Crippen molar-refractivity contribution in [2.75, 3.05) is 0 Å². The molecule has 0 aliphatic heterocycles. The molecule has 0 bridgehead atoms. The zero-order chi connectivity index (χ0) is 11.9. The van der Waals surface area contributed by atoms with Crippen LogP contribution in [-0.2, 0) is 17.1 Å². The van der Waals surface area contributed by atoms with Gasteiger partial charge in [0.1, 0.15) is 0 Å². The summed E-state index contributed by atoms with van der Waals surface area (Å²) in [5, 5.41) is 0.815. The molecule has 0 amide bonds. The van der Waals surface area contributed by atoms with Crippen LogP contribution >= 0.6 is 11.6 Å². The Morgan fingerprint density at radius 3 is 1.61 bits per heavy atom. The van der Waals surface area contributed by atoms with E-state index in [1.165, 1.54) is 11.1 Å². The van der Waals surface area contributed by atoms with E-state index < -0.39 is 0 Å². The fourth-order valence-electron chi connectivity index (χ4n) is 1.55. The van der Waals surface area contributed by atoms with Crippen molar-refractivity contribution in [3.63, 3.8) is 0 Å². The van der Waals surface area contributed by atoms with Crippen molar-refractivity contribution in [3.05, 3.63) is 83.9 Å². The molecule has 0 saturated carbocycles. The van der Waals surface area contributed by atoms with Gasteiger partial charge in [-0.2, -0.15) is 35.9 Å². The van der Waals surface area contributed by atoms with E-state index in [4.69, 9.17) is 11.6 Å². The maximum Gasteiger partial charge on any atom is 2.00 e. The quantitative estimate of drug-likeness (QED) is 0.431. The Kier molecular flexibility index (Phi) is 6.53. The van der Waals surface area contributed by atoms with Crippen molar-refractivity contribution < 1.29 is 17.1 Å². The molecule has 0 nitrogen and oxygen atoms in total. The average molecular weight is 297 g/mol. The molecule has 18 heavy (non-hydrogen) atoms. The molecule has 0 heterocycles. The van der Waals surface area contributed by atoms with Gasteiger partial charge in [0.25, 0.3) is 0 Å². The van der Waals surface area contributed by atoms with Crippen molar-refractivity contribution in [2.45, 2.75) is 0 Å². The van der Waals surface area contributed by atoms with Gasteiger partial charge < -0.3 is 0 Å². The molecule has 2 heteroatoms. The van der Waals surface area contributed by atoms with Gasteiger partial charge >= 0.3 is 17.1 Å². The topological polar surface area (TPSA) is 0 Å². The number of halogens is 1. The standard InChI is InChI=1S/C11H9.C5H4Cl.Fe/c1-2-6-10(7-3-1)11-8-4-5-9-11;6-5-3-1-2-4-5;/h1-9H;1-4H;/q2*-1;+2. The van der Waals surface area contributed by atoms with Crippen LogP contribution in [0.3, 0.4) is 0 Å². The molecule has 0 aliphatic carbocycles. The van der Waals surface area contributed by atoms with E-state index in [9.17, 15) is 0 Å². The molecule has 0 spiro atoms. The van der Waals surface area contributed by atoms with Crippen LogP contribution in [0, 0.1) is 0 Å². The summed E-state index contributed by atoms with van der Waals surface area (Å²) in [5.74, 6) is 0. The molecule has 0 N–H and O–H groups in total. The zero-order valence-corrected chi connectivity index (χ0v) is 11.6. The summed E-state index contributed by atoms with van der Waals surface area (Å²) >= 11 is 5.46.